The van der Waals surface area contributed by atoms with Crippen molar-refractivity contribution in [3.05, 3.63) is 27.5 Å². The fourth-order valence-corrected chi connectivity index (χ4v) is 1.40. The molecule has 0 amide bonds. The lowest BCUT2D eigenvalue weighted by atomic mass is 10.2. The lowest BCUT2D eigenvalue weighted by molar-refractivity contribution is -0.136. The molecule has 1 aromatic rings. The fourth-order valence-electron chi connectivity index (χ4n) is 0.936. The van der Waals surface area contributed by atoms with Crippen LogP contribution in [0.1, 0.15) is 17.7 Å². The van der Waals surface area contributed by atoms with Crippen molar-refractivity contribution >= 4 is 29.2 Å². The van der Waals surface area contributed by atoms with Crippen LogP contribution in [0.5, 0.6) is 0 Å². The number of carbonyl (C=O) groups is 1. The van der Waals surface area contributed by atoms with E-state index in [1.807, 2.05) is 0 Å². The van der Waals surface area contributed by atoms with Crippen LogP contribution in [0.25, 0.3) is 0 Å². The molecule has 0 spiro atoms. The topological polar surface area (TPSA) is 50.2 Å². The first kappa shape index (κ1) is 12.1. The van der Waals surface area contributed by atoms with E-state index >= 15 is 0 Å². The van der Waals surface area contributed by atoms with Crippen molar-refractivity contribution in [1.82, 2.24) is 4.98 Å². The highest BCUT2D eigenvalue weighted by Crippen LogP contribution is 2.29. The van der Waals surface area contributed by atoms with E-state index in [0.29, 0.717) is 0 Å². The molecule has 0 saturated carbocycles. The van der Waals surface area contributed by atoms with Crippen LogP contribution >= 0.6 is 23.2 Å². The van der Waals surface area contributed by atoms with Crippen LogP contribution in [0, 0.1) is 0 Å². The monoisotopic (exact) mass is 255 g/mol. The highest BCUT2D eigenvalue weighted by Gasteiger charge is 2.17. The molecule has 3 nitrogen and oxygen atoms in total. The SMILES string of the molecule is O=C(O)Cc1nc(Cl)c(C(F)F)cc1Cl. The molecule has 0 aliphatic carbocycles. The lowest BCUT2D eigenvalue weighted by Gasteiger charge is -2.06. The van der Waals surface area contributed by atoms with Crippen molar-refractivity contribution in [1.29, 1.82) is 0 Å². The molecule has 1 rings (SSSR count). The first-order chi connectivity index (χ1) is 6.91. The van der Waals surface area contributed by atoms with E-state index in [1.54, 1.807) is 0 Å². The quantitative estimate of drug-likeness (QED) is 0.846. The van der Waals surface area contributed by atoms with E-state index in [-0.39, 0.29) is 10.7 Å². The molecule has 0 radical (unpaired) electrons. The first-order valence-corrected chi connectivity index (χ1v) is 4.52. The molecule has 1 N–H and O–H groups in total. The van der Waals surface area contributed by atoms with E-state index < -0.39 is 29.5 Å². The Morgan fingerprint density at radius 3 is 2.60 bits per heavy atom. The van der Waals surface area contributed by atoms with Crippen LogP contribution in [0.3, 0.4) is 0 Å². The number of hydrogen-bond acceptors (Lipinski definition) is 2. The van der Waals surface area contributed by atoms with Crippen LogP contribution in [0.2, 0.25) is 10.2 Å². The standard InChI is InChI=1S/C8H5Cl2F2NO2/c9-4-1-3(8(11)12)7(10)13-5(4)2-6(14)15/h1,8H,2H2,(H,14,15). The normalized spacial score (nSPS) is 10.7. The third-order valence-corrected chi connectivity index (χ3v) is 2.21. The van der Waals surface area contributed by atoms with Crippen LogP contribution in [0.4, 0.5) is 8.78 Å². The minimum Gasteiger partial charge on any atom is -0.481 e. The van der Waals surface area contributed by atoms with Crippen molar-refractivity contribution in [2.45, 2.75) is 12.8 Å². The molecule has 7 heteroatoms. The summed E-state index contributed by atoms with van der Waals surface area (Å²) < 4.78 is 24.6. The molecule has 1 aromatic heterocycles. The van der Waals surface area contributed by atoms with E-state index in [2.05, 4.69) is 4.98 Å². The number of halogens is 4. The largest absolute Gasteiger partial charge is 0.481 e. The third-order valence-electron chi connectivity index (χ3n) is 1.58. The van der Waals surface area contributed by atoms with Crippen LogP contribution in [-0.4, -0.2) is 16.1 Å². The highest BCUT2D eigenvalue weighted by molar-refractivity contribution is 6.33. The van der Waals surface area contributed by atoms with Gasteiger partial charge in [0.15, 0.2) is 0 Å². The Morgan fingerprint density at radius 1 is 1.53 bits per heavy atom. The van der Waals surface area contributed by atoms with E-state index in [1.165, 1.54) is 0 Å². The number of hydrogen-bond donors (Lipinski definition) is 1. The Kier molecular flexibility index (Phi) is 3.82. The van der Waals surface area contributed by atoms with Crippen molar-refractivity contribution in [2.75, 3.05) is 0 Å². The van der Waals surface area contributed by atoms with Gasteiger partial charge in [-0.1, -0.05) is 23.2 Å². The molecular formula is C8H5Cl2F2NO2. The lowest BCUT2D eigenvalue weighted by Crippen LogP contribution is -2.04. The van der Waals surface area contributed by atoms with E-state index in [0.717, 1.165) is 6.07 Å². The summed E-state index contributed by atoms with van der Waals surface area (Å²) in [5.41, 5.74) is -0.533. The van der Waals surface area contributed by atoms with Crippen LogP contribution in [0.15, 0.2) is 6.07 Å². The minimum atomic E-state index is -2.79. The summed E-state index contributed by atoms with van der Waals surface area (Å²) in [6.45, 7) is 0. The molecule has 15 heavy (non-hydrogen) atoms. The fraction of sp³-hybridized carbons (Fsp3) is 0.250. The maximum Gasteiger partial charge on any atom is 0.309 e. The van der Waals surface area contributed by atoms with Gasteiger partial charge in [0.25, 0.3) is 6.43 Å². The molecule has 0 saturated heterocycles. The predicted octanol–water partition coefficient (Wildman–Crippen LogP) is 2.95. The predicted molar refractivity (Wildman–Crippen MR) is 50.6 cm³/mol. The zero-order chi connectivity index (χ0) is 11.6. The molecule has 0 aliphatic heterocycles. The molecule has 0 bridgehead atoms. The second kappa shape index (κ2) is 4.72. The summed E-state index contributed by atoms with van der Waals surface area (Å²) in [5, 5.41) is 7.92. The molecule has 0 aliphatic rings. The van der Waals surface area contributed by atoms with Gasteiger partial charge < -0.3 is 5.11 Å². The van der Waals surface area contributed by atoms with Gasteiger partial charge in [-0.3, -0.25) is 4.79 Å². The average molecular weight is 256 g/mol. The van der Waals surface area contributed by atoms with Gasteiger partial charge in [-0.2, -0.15) is 0 Å². The number of rotatable bonds is 3. The first-order valence-electron chi connectivity index (χ1n) is 3.76. The zero-order valence-electron chi connectivity index (χ0n) is 7.18. The van der Waals surface area contributed by atoms with E-state index in [4.69, 9.17) is 28.3 Å². The van der Waals surface area contributed by atoms with Crippen molar-refractivity contribution in [2.24, 2.45) is 0 Å². The summed E-state index contributed by atoms with van der Waals surface area (Å²) in [6.07, 6.45) is -3.25. The maximum absolute atomic E-state index is 12.3. The molecule has 0 fully saturated rings. The zero-order valence-corrected chi connectivity index (χ0v) is 8.69. The minimum absolute atomic E-state index is 0.0291. The van der Waals surface area contributed by atoms with Crippen molar-refractivity contribution < 1.29 is 18.7 Å². The number of aromatic nitrogens is 1. The number of pyridine rings is 1. The van der Waals surface area contributed by atoms with Gasteiger partial charge in [0.1, 0.15) is 5.15 Å². The summed E-state index contributed by atoms with van der Waals surface area (Å²) in [4.78, 5) is 13.9. The number of nitrogens with zero attached hydrogens (tertiary/aromatic N) is 1. The van der Waals surface area contributed by atoms with Gasteiger partial charge >= 0.3 is 5.97 Å². The molecule has 1 heterocycles. The number of carboxylic acid groups (broad SMARTS) is 1. The molecular weight excluding hydrogens is 251 g/mol. The summed E-state index contributed by atoms with van der Waals surface area (Å²) in [7, 11) is 0. The molecule has 0 aromatic carbocycles. The third kappa shape index (κ3) is 3.00. The Balaban J connectivity index is 3.13. The highest BCUT2D eigenvalue weighted by atomic mass is 35.5. The Labute approximate surface area is 93.6 Å². The number of alkyl halides is 2. The number of aliphatic carboxylic acids is 1. The van der Waals surface area contributed by atoms with Crippen LogP contribution < -0.4 is 0 Å². The van der Waals surface area contributed by atoms with E-state index in [9.17, 15) is 13.6 Å². The Hall–Kier alpha value is -0.940. The summed E-state index contributed by atoms with van der Waals surface area (Å²) >= 11 is 11.0. The van der Waals surface area contributed by atoms with Gasteiger partial charge in [0, 0.05) is 0 Å². The number of carboxylic acids is 1. The van der Waals surface area contributed by atoms with Crippen molar-refractivity contribution in [3.63, 3.8) is 0 Å². The van der Waals surface area contributed by atoms with Gasteiger partial charge in [0.2, 0.25) is 0 Å². The summed E-state index contributed by atoms with van der Waals surface area (Å²) in [6, 6.07) is 0.930. The summed E-state index contributed by atoms with van der Waals surface area (Å²) in [5.74, 6) is -1.16. The maximum atomic E-state index is 12.3. The Bertz CT molecular complexity index is 398. The second-order valence-electron chi connectivity index (χ2n) is 2.67. The molecule has 82 valence electrons. The van der Waals surface area contributed by atoms with Gasteiger partial charge in [-0.05, 0) is 6.07 Å². The molecule has 0 atom stereocenters. The Morgan fingerprint density at radius 2 is 2.13 bits per heavy atom. The van der Waals surface area contributed by atoms with Gasteiger partial charge in [0.05, 0.1) is 22.7 Å². The van der Waals surface area contributed by atoms with Gasteiger partial charge in [-0.15, -0.1) is 0 Å². The molecule has 0 unspecified atom stereocenters. The van der Waals surface area contributed by atoms with Gasteiger partial charge in [-0.25, -0.2) is 13.8 Å². The smallest absolute Gasteiger partial charge is 0.309 e. The van der Waals surface area contributed by atoms with Crippen LogP contribution in [-0.2, 0) is 11.2 Å². The average Bonchev–Trinajstić information content (AvgIpc) is 2.09. The second-order valence-corrected chi connectivity index (χ2v) is 3.43. The van der Waals surface area contributed by atoms with Crippen molar-refractivity contribution in [3.8, 4) is 0 Å².